The summed E-state index contributed by atoms with van der Waals surface area (Å²) < 4.78 is 5.74. The van der Waals surface area contributed by atoms with Crippen LogP contribution in [0.3, 0.4) is 0 Å². The highest BCUT2D eigenvalue weighted by Crippen LogP contribution is 2.52. The van der Waals surface area contributed by atoms with Crippen molar-refractivity contribution in [1.82, 2.24) is 4.90 Å². The zero-order valence-corrected chi connectivity index (χ0v) is 13.5. The number of halogens is 2. The summed E-state index contributed by atoms with van der Waals surface area (Å²) in [5.41, 5.74) is 0. The van der Waals surface area contributed by atoms with Crippen LogP contribution in [0.15, 0.2) is 0 Å². The van der Waals surface area contributed by atoms with E-state index < -0.39 is 17.8 Å². The van der Waals surface area contributed by atoms with Gasteiger partial charge in [0.15, 0.2) is 0 Å². The van der Waals surface area contributed by atoms with E-state index in [-0.39, 0.29) is 53.1 Å². The maximum atomic E-state index is 12.4. The SMILES string of the molecule is O=C(O)CCCN1C(=O)[C@H]2[C@H]3O[C@@H]([C@@H](Br)[C@H]3Br)[C@@H]2C1=O. The fraction of sp³-hybridized carbons (Fsp3) is 0.750. The van der Waals surface area contributed by atoms with E-state index in [1.165, 1.54) is 4.90 Å². The Morgan fingerprint density at radius 1 is 1.15 bits per heavy atom. The third-order valence-corrected chi connectivity index (χ3v) is 7.11. The van der Waals surface area contributed by atoms with Gasteiger partial charge in [0.2, 0.25) is 11.8 Å². The molecule has 3 aliphatic heterocycles. The zero-order chi connectivity index (χ0) is 14.6. The molecule has 0 aliphatic carbocycles. The van der Waals surface area contributed by atoms with Crippen LogP contribution in [0.5, 0.6) is 0 Å². The predicted molar refractivity (Wildman–Crippen MR) is 74.7 cm³/mol. The number of hydrogen-bond acceptors (Lipinski definition) is 4. The molecule has 0 saturated carbocycles. The van der Waals surface area contributed by atoms with Crippen molar-refractivity contribution in [1.29, 1.82) is 0 Å². The number of amides is 2. The van der Waals surface area contributed by atoms with E-state index in [4.69, 9.17) is 9.84 Å². The first-order valence-corrected chi connectivity index (χ1v) is 8.27. The number of carboxylic acids is 1. The summed E-state index contributed by atoms with van der Waals surface area (Å²) in [6.45, 7) is 0.177. The topological polar surface area (TPSA) is 83.9 Å². The molecule has 0 spiro atoms. The molecule has 0 aromatic heterocycles. The lowest BCUT2D eigenvalue weighted by molar-refractivity contribution is -0.144. The van der Waals surface area contributed by atoms with Crippen LogP contribution in [0.1, 0.15) is 12.8 Å². The highest BCUT2D eigenvalue weighted by atomic mass is 79.9. The Bertz CT molecular complexity index is 452. The van der Waals surface area contributed by atoms with Gasteiger partial charge in [0, 0.05) is 13.0 Å². The molecule has 20 heavy (non-hydrogen) atoms. The first-order chi connectivity index (χ1) is 9.43. The summed E-state index contributed by atoms with van der Waals surface area (Å²) in [5.74, 6) is -2.21. The maximum Gasteiger partial charge on any atom is 0.303 e. The fourth-order valence-corrected chi connectivity index (χ4v) is 4.84. The van der Waals surface area contributed by atoms with Gasteiger partial charge in [-0.1, -0.05) is 31.9 Å². The predicted octanol–water partition coefficient (Wildman–Crippen LogP) is 0.760. The van der Waals surface area contributed by atoms with Crippen LogP contribution in [0.4, 0.5) is 0 Å². The molecule has 2 amide bonds. The number of imide groups is 1. The smallest absolute Gasteiger partial charge is 0.303 e. The summed E-state index contributed by atoms with van der Waals surface area (Å²) in [4.78, 5) is 36.5. The second-order valence-corrected chi connectivity index (χ2v) is 7.45. The number of carboxylic acid groups (broad SMARTS) is 1. The van der Waals surface area contributed by atoms with E-state index >= 15 is 0 Å². The average Bonchev–Trinajstić information content (AvgIpc) is 2.97. The van der Waals surface area contributed by atoms with Gasteiger partial charge in [0.25, 0.3) is 0 Å². The first kappa shape index (κ1) is 14.5. The molecule has 0 unspecified atom stereocenters. The van der Waals surface area contributed by atoms with Crippen LogP contribution in [-0.2, 0) is 19.1 Å². The van der Waals surface area contributed by atoms with E-state index in [9.17, 15) is 14.4 Å². The quantitative estimate of drug-likeness (QED) is 0.546. The molecular weight excluding hydrogens is 398 g/mol. The molecule has 0 aromatic rings. The largest absolute Gasteiger partial charge is 0.481 e. The Balaban J connectivity index is 1.74. The van der Waals surface area contributed by atoms with Crippen LogP contribution in [0.25, 0.3) is 0 Å². The molecule has 3 heterocycles. The van der Waals surface area contributed by atoms with Gasteiger partial charge in [-0.15, -0.1) is 0 Å². The summed E-state index contributed by atoms with van der Waals surface area (Å²) in [5, 5.41) is 8.62. The lowest BCUT2D eigenvalue weighted by Crippen LogP contribution is -2.42. The van der Waals surface area contributed by atoms with E-state index in [0.29, 0.717) is 0 Å². The molecule has 3 fully saturated rings. The highest BCUT2D eigenvalue weighted by Gasteiger charge is 2.67. The molecular formula is C12H13Br2NO5. The van der Waals surface area contributed by atoms with Crippen molar-refractivity contribution in [2.24, 2.45) is 11.8 Å². The lowest BCUT2D eigenvalue weighted by Gasteiger charge is -2.24. The second kappa shape index (κ2) is 5.06. The summed E-state index contributed by atoms with van der Waals surface area (Å²) in [6, 6.07) is 0. The number of ether oxygens (including phenoxy) is 1. The van der Waals surface area contributed by atoms with Crippen molar-refractivity contribution < 1.29 is 24.2 Å². The number of rotatable bonds is 4. The minimum absolute atomic E-state index is 0.0180. The fourth-order valence-electron chi connectivity index (χ4n) is 3.33. The van der Waals surface area contributed by atoms with Crippen molar-refractivity contribution in [2.45, 2.75) is 34.7 Å². The Morgan fingerprint density at radius 2 is 1.65 bits per heavy atom. The minimum atomic E-state index is -0.922. The Hall–Kier alpha value is -0.470. The molecule has 3 rings (SSSR count). The number of aliphatic carboxylic acids is 1. The Morgan fingerprint density at radius 3 is 2.10 bits per heavy atom. The van der Waals surface area contributed by atoms with Crippen LogP contribution >= 0.6 is 31.9 Å². The molecule has 3 aliphatic rings. The van der Waals surface area contributed by atoms with E-state index in [0.717, 1.165) is 0 Å². The number of carbonyl (C=O) groups is 3. The molecule has 110 valence electrons. The summed E-state index contributed by atoms with van der Waals surface area (Å²) >= 11 is 7.01. The van der Waals surface area contributed by atoms with Crippen molar-refractivity contribution in [3.63, 3.8) is 0 Å². The molecule has 1 N–H and O–H groups in total. The van der Waals surface area contributed by atoms with Gasteiger partial charge in [0.1, 0.15) is 0 Å². The van der Waals surface area contributed by atoms with Crippen LogP contribution in [0, 0.1) is 11.8 Å². The van der Waals surface area contributed by atoms with Crippen LogP contribution < -0.4 is 0 Å². The van der Waals surface area contributed by atoms with Gasteiger partial charge < -0.3 is 9.84 Å². The standard InChI is InChI=1S/C12H13Br2NO5/c13-7-8(14)10-6-5(9(7)20-10)11(18)15(12(6)19)3-1-2-4(16)17/h5-10H,1-3H2,(H,16,17)/t5-,6-,7-,8+,9-,10-/m1/s1. The summed E-state index contributed by atoms with van der Waals surface area (Å²) in [6.07, 6.45) is -0.318. The van der Waals surface area contributed by atoms with Crippen molar-refractivity contribution in [3.05, 3.63) is 0 Å². The van der Waals surface area contributed by atoms with Gasteiger partial charge in [-0.25, -0.2) is 0 Å². The Kier molecular flexibility index (Phi) is 3.66. The van der Waals surface area contributed by atoms with Crippen LogP contribution in [0.2, 0.25) is 0 Å². The molecule has 6 nitrogen and oxygen atoms in total. The van der Waals surface area contributed by atoms with Crippen LogP contribution in [-0.4, -0.2) is 56.2 Å². The normalized spacial score (nSPS) is 42.4. The number of fused-ring (bicyclic) bond motifs is 5. The summed E-state index contributed by atoms with van der Waals surface area (Å²) in [7, 11) is 0. The van der Waals surface area contributed by atoms with Gasteiger partial charge >= 0.3 is 5.97 Å². The molecule has 2 bridgehead atoms. The lowest BCUT2D eigenvalue weighted by atomic mass is 9.81. The zero-order valence-electron chi connectivity index (χ0n) is 10.4. The number of alkyl halides is 2. The van der Waals surface area contributed by atoms with Gasteiger partial charge in [-0.2, -0.15) is 0 Å². The number of carbonyl (C=O) groups excluding carboxylic acids is 2. The second-order valence-electron chi connectivity index (χ2n) is 5.33. The average molecular weight is 411 g/mol. The van der Waals surface area contributed by atoms with Gasteiger partial charge in [0.05, 0.1) is 33.7 Å². The number of likely N-dealkylation sites (tertiary alicyclic amines) is 1. The number of nitrogens with zero attached hydrogens (tertiary/aromatic N) is 1. The minimum Gasteiger partial charge on any atom is -0.481 e. The van der Waals surface area contributed by atoms with Crippen molar-refractivity contribution in [3.8, 4) is 0 Å². The Labute approximate surface area is 132 Å². The third kappa shape index (κ3) is 1.95. The van der Waals surface area contributed by atoms with Crippen molar-refractivity contribution in [2.75, 3.05) is 6.54 Å². The van der Waals surface area contributed by atoms with E-state index in [2.05, 4.69) is 31.9 Å². The molecule has 6 atom stereocenters. The van der Waals surface area contributed by atoms with Gasteiger partial charge in [-0.3, -0.25) is 19.3 Å². The van der Waals surface area contributed by atoms with Gasteiger partial charge in [-0.05, 0) is 6.42 Å². The maximum absolute atomic E-state index is 12.4. The highest BCUT2D eigenvalue weighted by molar-refractivity contribution is 9.12. The molecule has 0 radical (unpaired) electrons. The van der Waals surface area contributed by atoms with E-state index in [1.54, 1.807) is 0 Å². The molecule has 8 heteroatoms. The molecule has 3 saturated heterocycles. The van der Waals surface area contributed by atoms with E-state index in [1.807, 2.05) is 0 Å². The third-order valence-electron chi connectivity index (χ3n) is 4.22. The van der Waals surface area contributed by atoms with Crippen molar-refractivity contribution >= 4 is 49.6 Å². The monoisotopic (exact) mass is 409 g/mol. The molecule has 0 aromatic carbocycles. The number of hydrogen-bond donors (Lipinski definition) is 1. The first-order valence-electron chi connectivity index (χ1n) is 6.44.